The summed E-state index contributed by atoms with van der Waals surface area (Å²) in [6.45, 7) is 9.47. The van der Waals surface area contributed by atoms with Crippen molar-refractivity contribution in [2.45, 2.75) is 46.6 Å². The van der Waals surface area contributed by atoms with E-state index < -0.39 is 5.60 Å². The van der Waals surface area contributed by atoms with Gasteiger partial charge in [0.25, 0.3) is 0 Å². The van der Waals surface area contributed by atoms with E-state index in [1.54, 1.807) is 33.2 Å². The molecule has 0 radical (unpaired) electrons. The zero-order valence-corrected chi connectivity index (χ0v) is 21.7. The molecule has 1 heterocycles. The number of esters is 1. The number of rotatable bonds is 5. The summed E-state index contributed by atoms with van der Waals surface area (Å²) in [5.41, 5.74) is 5.88. The van der Waals surface area contributed by atoms with Crippen molar-refractivity contribution in [2.24, 2.45) is 0 Å². The fraction of sp³-hybridized carbons (Fsp3) is 0.267. The van der Waals surface area contributed by atoms with Gasteiger partial charge in [-0.05, 0) is 109 Å². The molecular formula is C30H32ClNO3. The second-order valence-corrected chi connectivity index (χ2v) is 9.81. The minimum absolute atomic E-state index is 0.219. The number of fused-ring (bicyclic) bond motifs is 1. The zero-order valence-electron chi connectivity index (χ0n) is 20.9. The Morgan fingerprint density at radius 1 is 0.943 bits per heavy atom. The summed E-state index contributed by atoms with van der Waals surface area (Å²) in [6, 6.07) is 20.3. The Hall–Kier alpha value is -3.21. The van der Waals surface area contributed by atoms with E-state index in [1.165, 1.54) is 0 Å². The van der Waals surface area contributed by atoms with Crippen LogP contribution in [0.3, 0.4) is 0 Å². The van der Waals surface area contributed by atoms with Gasteiger partial charge < -0.3 is 9.84 Å². The van der Waals surface area contributed by atoms with Crippen LogP contribution in [-0.4, -0.2) is 28.3 Å². The average molecular weight is 490 g/mol. The third-order valence-electron chi connectivity index (χ3n) is 5.24. The van der Waals surface area contributed by atoms with Crippen molar-refractivity contribution in [3.05, 3.63) is 89.2 Å². The number of nitrogens with zero attached hydrogens (tertiary/aromatic N) is 1. The second-order valence-electron chi connectivity index (χ2n) is 9.38. The maximum absolute atomic E-state index is 12.3. The van der Waals surface area contributed by atoms with Gasteiger partial charge in [0.1, 0.15) is 0 Å². The lowest BCUT2D eigenvalue weighted by atomic mass is 9.87. The molecule has 0 unspecified atom stereocenters. The molecule has 1 N–H and O–H groups in total. The Bertz CT molecular complexity index is 1290. The van der Waals surface area contributed by atoms with E-state index >= 15 is 0 Å². The number of aliphatic hydroxyl groups is 1. The highest BCUT2D eigenvalue weighted by Crippen LogP contribution is 2.37. The SMILES string of the molecule is CC(C)(C)O.CCOC(=O)Cc1c(C)cc2cc(-c3ccncc3)ccc2c1-c1ccc(Cl)cc1. The smallest absolute Gasteiger partial charge is 0.310 e. The number of pyridine rings is 1. The highest BCUT2D eigenvalue weighted by molar-refractivity contribution is 6.30. The molecule has 4 nitrogen and oxygen atoms in total. The third kappa shape index (κ3) is 7.38. The van der Waals surface area contributed by atoms with Gasteiger partial charge >= 0.3 is 5.97 Å². The molecule has 1 aromatic heterocycles. The third-order valence-corrected chi connectivity index (χ3v) is 5.50. The molecule has 182 valence electrons. The Morgan fingerprint density at radius 2 is 1.54 bits per heavy atom. The molecule has 0 fully saturated rings. The van der Waals surface area contributed by atoms with E-state index in [4.69, 9.17) is 21.4 Å². The standard InChI is InChI=1S/C26H22ClNO2.C4H10O/c1-3-30-25(29)16-24-17(2)14-21-15-20(18-10-12-28-13-11-18)6-9-23(21)26(24)19-4-7-22(27)8-5-19;1-4(2,3)5/h4-15H,3,16H2,1-2H3;5H,1-3H3. The van der Waals surface area contributed by atoms with E-state index in [9.17, 15) is 4.79 Å². The fourth-order valence-corrected chi connectivity index (χ4v) is 3.97. The van der Waals surface area contributed by atoms with E-state index in [1.807, 2.05) is 50.2 Å². The number of benzene rings is 3. The predicted octanol–water partition coefficient (Wildman–Crippen LogP) is 7.41. The lowest BCUT2D eigenvalue weighted by Gasteiger charge is -2.17. The molecule has 0 saturated heterocycles. The van der Waals surface area contributed by atoms with Crippen molar-refractivity contribution < 1.29 is 14.6 Å². The van der Waals surface area contributed by atoms with Gasteiger partial charge in [-0.25, -0.2) is 0 Å². The number of hydrogen-bond acceptors (Lipinski definition) is 4. The van der Waals surface area contributed by atoms with Gasteiger partial charge in [0, 0.05) is 17.4 Å². The van der Waals surface area contributed by atoms with Crippen LogP contribution in [0.25, 0.3) is 33.0 Å². The number of aromatic nitrogens is 1. The number of carbonyl (C=O) groups excluding carboxylic acids is 1. The molecule has 0 aliphatic heterocycles. The van der Waals surface area contributed by atoms with Crippen LogP contribution in [0, 0.1) is 6.92 Å². The van der Waals surface area contributed by atoms with Crippen LogP contribution in [0.15, 0.2) is 73.1 Å². The first-order chi connectivity index (χ1) is 16.6. The summed E-state index contributed by atoms with van der Waals surface area (Å²) in [6.07, 6.45) is 3.83. The molecule has 4 rings (SSSR count). The topological polar surface area (TPSA) is 59.4 Å². The summed E-state index contributed by atoms with van der Waals surface area (Å²) in [5.74, 6) is -0.219. The summed E-state index contributed by atoms with van der Waals surface area (Å²) in [5, 5.41) is 11.4. The van der Waals surface area contributed by atoms with Gasteiger partial charge in [-0.3, -0.25) is 9.78 Å². The number of aryl methyl sites for hydroxylation is 1. The quantitative estimate of drug-likeness (QED) is 0.296. The van der Waals surface area contributed by atoms with Crippen molar-refractivity contribution in [1.29, 1.82) is 0 Å². The minimum atomic E-state index is -0.500. The number of carbonyl (C=O) groups is 1. The molecular weight excluding hydrogens is 458 g/mol. The van der Waals surface area contributed by atoms with Gasteiger partial charge in [-0.2, -0.15) is 0 Å². The molecule has 0 atom stereocenters. The first-order valence-corrected chi connectivity index (χ1v) is 12.0. The molecule has 35 heavy (non-hydrogen) atoms. The molecule has 0 saturated carbocycles. The van der Waals surface area contributed by atoms with Gasteiger partial charge in [0.15, 0.2) is 0 Å². The fourth-order valence-electron chi connectivity index (χ4n) is 3.84. The van der Waals surface area contributed by atoms with Crippen LogP contribution in [0.4, 0.5) is 0 Å². The van der Waals surface area contributed by atoms with Crippen LogP contribution < -0.4 is 0 Å². The monoisotopic (exact) mass is 489 g/mol. The summed E-state index contributed by atoms with van der Waals surface area (Å²) in [7, 11) is 0. The predicted molar refractivity (Wildman–Crippen MR) is 145 cm³/mol. The first-order valence-electron chi connectivity index (χ1n) is 11.7. The summed E-state index contributed by atoms with van der Waals surface area (Å²) >= 11 is 6.12. The minimum Gasteiger partial charge on any atom is -0.466 e. The van der Waals surface area contributed by atoms with E-state index in [0.29, 0.717) is 11.6 Å². The highest BCUT2D eigenvalue weighted by atomic mass is 35.5. The molecule has 0 bridgehead atoms. The van der Waals surface area contributed by atoms with Crippen molar-refractivity contribution in [2.75, 3.05) is 6.61 Å². The Kier molecular flexibility index (Phi) is 8.66. The molecule has 4 aromatic rings. The molecule has 5 heteroatoms. The highest BCUT2D eigenvalue weighted by Gasteiger charge is 2.17. The van der Waals surface area contributed by atoms with Crippen LogP contribution in [0.5, 0.6) is 0 Å². The second kappa shape index (κ2) is 11.5. The molecule has 3 aromatic carbocycles. The lowest BCUT2D eigenvalue weighted by molar-refractivity contribution is -0.142. The lowest BCUT2D eigenvalue weighted by Crippen LogP contribution is -2.10. The summed E-state index contributed by atoms with van der Waals surface area (Å²) < 4.78 is 5.23. The molecule has 0 aliphatic rings. The summed E-state index contributed by atoms with van der Waals surface area (Å²) in [4.78, 5) is 16.4. The Labute approximate surface area is 212 Å². The maximum Gasteiger partial charge on any atom is 0.310 e. The van der Waals surface area contributed by atoms with Crippen LogP contribution in [-0.2, 0) is 16.0 Å². The van der Waals surface area contributed by atoms with Crippen molar-refractivity contribution in [1.82, 2.24) is 4.98 Å². The van der Waals surface area contributed by atoms with Crippen LogP contribution in [0.1, 0.15) is 38.8 Å². The maximum atomic E-state index is 12.3. The Morgan fingerprint density at radius 3 is 2.14 bits per heavy atom. The number of ether oxygens (including phenoxy) is 1. The van der Waals surface area contributed by atoms with Gasteiger partial charge in [-0.1, -0.05) is 41.9 Å². The largest absolute Gasteiger partial charge is 0.466 e. The van der Waals surface area contributed by atoms with Crippen molar-refractivity contribution in [3.63, 3.8) is 0 Å². The van der Waals surface area contributed by atoms with Crippen LogP contribution >= 0.6 is 11.6 Å². The molecule has 0 aliphatic carbocycles. The number of hydrogen-bond donors (Lipinski definition) is 1. The zero-order chi connectivity index (χ0) is 25.6. The Balaban J connectivity index is 0.000000623. The molecule has 0 amide bonds. The van der Waals surface area contributed by atoms with Gasteiger partial charge in [0.2, 0.25) is 0 Å². The normalized spacial score (nSPS) is 11.1. The van der Waals surface area contributed by atoms with E-state index in [2.05, 4.69) is 29.2 Å². The average Bonchev–Trinajstić information content (AvgIpc) is 2.80. The van der Waals surface area contributed by atoms with Gasteiger partial charge in [0.05, 0.1) is 18.6 Å². The number of halogens is 1. The van der Waals surface area contributed by atoms with Crippen molar-refractivity contribution >= 4 is 28.3 Å². The van der Waals surface area contributed by atoms with Gasteiger partial charge in [-0.15, -0.1) is 0 Å². The van der Waals surface area contributed by atoms with Crippen LogP contribution in [0.2, 0.25) is 5.02 Å². The first kappa shape index (κ1) is 26.4. The van der Waals surface area contributed by atoms with E-state index in [0.717, 1.165) is 44.2 Å². The van der Waals surface area contributed by atoms with E-state index in [-0.39, 0.29) is 12.4 Å². The van der Waals surface area contributed by atoms with Crippen molar-refractivity contribution in [3.8, 4) is 22.3 Å². The molecule has 0 spiro atoms.